The lowest BCUT2D eigenvalue weighted by Crippen LogP contribution is -2.59. The molecule has 0 aromatic heterocycles. The molecule has 1 atom stereocenters. The lowest BCUT2D eigenvalue weighted by atomic mass is 9.89. The van der Waals surface area contributed by atoms with Crippen LogP contribution in [0.2, 0.25) is 0 Å². The first-order valence-electron chi connectivity index (χ1n) is 7.03. The van der Waals surface area contributed by atoms with E-state index < -0.39 is 29.8 Å². The van der Waals surface area contributed by atoms with Gasteiger partial charge in [-0.05, 0) is 18.7 Å². The van der Waals surface area contributed by atoms with Gasteiger partial charge in [0.25, 0.3) is 0 Å². The Labute approximate surface area is 123 Å². The summed E-state index contributed by atoms with van der Waals surface area (Å²) >= 11 is 0. The van der Waals surface area contributed by atoms with Crippen molar-refractivity contribution in [1.82, 2.24) is 15.5 Å². The summed E-state index contributed by atoms with van der Waals surface area (Å²) in [5, 5.41) is 4.35. The number of rotatable bonds is 5. The maximum absolute atomic E-state index is 12.1. The van der Waals surface area contributed by atoms with E-state index in [-0.39, 0.29) is 0 Å². The van der Waals surface area contributed by atoms with Crippen LogP contribution >= 0.6 is 0 Å². The second-order valence-electron chi connectivity index (χ2n) is 4.86. The summed E-state index contributed by atoms with van der Waals surface area (Å²) < 4.78 is 0. The highest BCUT2D eigenvalue weighted by molar-refractivity contribution is 6.16. The molecule has 1 fully saturated rings. The van der Waals surface area contributed by atoms with Crippen LogP contribution in [0, 0.1) is 5.92 Å². The first-order valence-corrected chi connectivity index (χ1v) is 7.03. The fourth-order valence-corrected chi connectivity index (χ4v) is 2.70. The van der Waals surface area contributed by atoms with Crippen LogP contribution in [0.1, 0.15) is 25.5 Å². The van der Waals surface area contributed by atoms with Crippen molar-refractivity contribution >= 4 is 17.8 Å². The van der Waals surface area contributed by atoms with Crippen LogP contribution in [0.3, 0.4) is 0 Å². The highest BCUT2D eigenvalue weighted by atomic mass is 16.2. The van der Waals surface area contributed by atoms with Gasteiger partial charge in [0, 0.05) is 0 Å². The minimum Gasteiger partial charge on any atom is -0.296 e. The van der Waals surface area contributed by atoms with Crippen LogP contribution in [0.15, 0.2) is 30.3 Å². The molecule has 0 aliphatic carbocycles. The highest BCUT2D eigenvalue weighted by Gasteiger charge is 2.42. The molecule has 2 N–H and O–H groups in total. The number of urea groups is 1. The molecule has 112 valence electrons. The molecule has 1 aliphatic heterocycles. The Morgan fingerprint density at radius 3 is 2.00 bits per heavy atom. The van der Waals surface area contributed by atoms with Gasteiger partial charge in [-0.2, -0.15) is 0 Å². The molecule has 1 aliphatic rings. The molecule has 1 aromatic carbocycles. The van der Waals surface area contributed by atoms with Crippen molar-refractivity contribution in [3.05, 3.63) is 35.9 Å². The highest BCUT2D eigenvalue weighted by Crippen LogP contribution is 2.30. The number of amides is 4. The summed E-state index contributed by atoms with van der Waals surface area (Å²) in [6.07, 6.45) is 0. The fourth-order valence-electron chi connectivity index (χ4n) is 2.70. The third kappa shape index (κ3) is 3.11. The number of benzene rings is 1. The molecule has 6 nitrogen and oxygen atoms in total. The van der Waals surface area contributed by atoms with Gasteiger partial charge in [-0.25, -0.2) is 4.79 Å². The topological polar surface area (TPSA) is 78.5 Å². The third-order valence-corrected chi connectivity index (χ3v) is 3.70. The van der Waals surface area contributed by atoms with Gasteiger partial charge in [-0.1, -0.05) is 44.2 Å². The van der Waals surface area contributed by atoms with E-state index in [4.69, 9.17) is 0 Å². The van der Waals surface area contributed by atoms with Crippen LogP contribution in [-0.4, -0.2) is 35.8 Å². The van der Waals surface area contributed by atoms with Gasteiger partial charge in [0.15, 0.2) is 0 Å². The van der Waals surface area contributed by atoms with Gasteiger partial charge in [-0.3, -0.25) is 25.1 Å². The van der Waals surface area contributed by atoms with Crippen LogP contribution in [0.5, 0.6) is 0 Å². The van der Waals surface area contributed by atoms with Crippen molar-refractivity contribution in [3.63, 3.8) is 0 Å². The average Bonchev–Trinajstić information content (AvgIpc) is 2.46. The van der Waals surface area contributed by atoms with Gasteiger partial charge < -0.3 is 0 Å². The largest absolute Gasteiger partial charge is 0.328 e. The zero-order chi connectivity index (χ0) is 15.4. The molecule has 0 radical (unpaired) electrons. The maximum Gasteiger partial charge on any atom is 0.328 e. The summed E-state index contributed by atoms with van der Waals surface area (Å²) in [4.78, 5) is 37.6. The number of nitrogens with zero attached hydrogens (tertiary/aromatic N) is 1. The van der Waals surface area contributed by atoms with E-state index >= 15 is 0 Å². The molecule has 6 heteroatoms. The third-order valence-electron chi connectivity index (χ3n) is 3.70. The van der Waals surface area contributed by atoms with Crippen molar-refractivity contribution in [2.45, 2.75) is 19.9 Å². The number of carbonyl (C=O) groups excluding carboxylic acids is 3. The van der Waals surface area contributed by atoms with Gasteiger partial charge >= 0.3 is 6.03 Å². The van der Waals surface area contributed by atoms with Crippen molar-refractivity contribution in [2.75, 3.05) is 13.1 Å². The molecular weight excluding hydrogens is 270 g/mol. The van der Waals surface area contributed by atoms with Crippen LogP contribution in [0.25, 0.3) is 0 Å². The number of barbiturate groups is 1. The second kappa shape index (κ2) is 6.49. The van der Waals surface area contributed by atoms with Crippen LogP contribution in [-0.2, 0) is 9.59 Å². The van der Waals surface area contributed by atoms with E-state index in [0.717, 1.165) is 5.56 Å². The Hall–Kier alpha value is -2.21. The number of nitrogens with one attached hydrogen (secondary N) is 2. The van der Waals surface area contributed by atoms with Gasteiger partial charge in [0.05, 0.1) is 6.04 Å². The van der Waals surface area contributed by atoms with E-state index in [9.17, 15) is 14.4 Å². The smallest absolute Gasteiger partial charge is 0.296 e. The zero-order valence-corrected chi connectivity index (χ0v) is 12.1. The normalized spacial score (nSPS) is 17.6. The molecule has 1 heterocycles. The molecule has 1 saturated heterocycles. The molecule has 0 bridgehead atoms. The number of imide groups is 2. The van der Waals surface area contributed by atoms with Crippen molar-refractivity contribution < 1.29 is 14.4 Å². The quantitative estimate of drug-likeness (QED) is 0.794. The standard InChI is InChI=1S/C15H19N3O3/c1-3-18(4-2)12(10-8-6-5-7-9-10)11-13(19)16-15(21)17-14(11)20/h5-9,11-12H,3-4H2,1-2H3,(H2,16,17,19,20,21)/t12-/m0/s1. The van der Waals surface area contributed by atoms with Gasteiger partial charge in [-0.15, -0.1) is 0 Å². The first kappa shape index (κ1) is 15.2. The fraction of sp³-hybridized carbons (Fsp3) is 0.400. The van der Waals surface area contributed by atoms with E-state index in [1.165, 1.54) is 0 Å². The van der Waals surface area contributed by atoms with Gasteiger partial charge in [0.2, 0.25) is 11.8 Å². The van der Waals surface area contributed by atoms with Gasteiger partial charge in [0.1, 0.15) is 5.92 Å². The molecule has 4 amide bonds. The molecule has 0 saturated carbocycles. The molecule has 1 aromatic rings. The molecular formula is C15H19N3O3. The Morgan fingerprint density at radius 1 is 1.00 bits per heavy atom. The van der Waals surface area contributed by atoms with Crippen LogP contribution in [0.4, 0.5) is 4.79 Å². The van der Waals surface area contributed by atoms with Crippen molar-refractivity contribution in [2.24, 2.45) is 5.92 Å². The summed E-state index contributed by atoms with van der Waals surface area (Å²) in [6.45, 7) is 5.34. The number of hydrogen-bond acceptors (Lipinski definition) is 4. The SMILES string of the molecule is CCN(CC)[C@@H](c1ccccc1)C1C(=O)NC(=O)NC1=O. The summed E-state index contributed by atoms with van der Waals surface area (Å²) in [6, 6.07) is 8.25. The molecule has 0 unspecified atom stereocenters. The minimum absolute atomic E-state index is 0.394. The van der Waals surface area contributed by atoms with Crippen LogP contribution < -0.4 is 10.6 Å². The van der Waals surface area contributed by atoms with Crippen molar-refractivity contribution in [3.8, 4) is 0 Å². The Kier molecular flexibility index (Phi) is 4.70. The Balaban J connectivity index is 2.42. The zero-order valence-electron chi connectivity index (χ0n) is 12.1. The number of hydrogen-bond donors (Lipinski definition) is 2. The monoisotopic (exact) mass is 289 g/mol. The predicted octanol–water partition coefficient (Wildman–Crippen LogP) is 1.05. The van der Waals surface area contributed by atoms with Crippen molar-refractivity contribution in [1.29, 1.82) is 0 Å². The molecule has 2 rings (SSSR count). The van der Waals surface area contributed by atoms with E-state index in [0.29, 0.717) is 13.1 Å². The summed E-state index contributed by atoms with van der Waals surface area (Å²) in [5.41, 5.74) is 0.880. The molecule has 21 heavy (non-hydrogen) atoms. The summed E-state index contributed by atoms with van der Waals surface area (Å²) in [5.74, 6) is -2.04. The second-order valence-corrected chi connectivity index (χ2v) is 4.86. The Morgan fingerprint density at radius 2 is 1.52 bits per heavy atom. The Bertz CT molecular complexity index is 520. The summed E-state index contributed by atoms with van der Waals surface area (Å²) in [7, 11) is 0. The first-order chi connectivity index (χ1) is 10.1. The predicted molar refractivity (Wildman–Crippen MR) is 77.3 cm³/mol. The van der Waals surface area contributed by atoms with E-state index in [1.54, 1.807) is 0 Å². The lowest BCUT2D eigenvalue weighted by Gasteiger charge is -2.36. The number of carbonyl (C=O) groups is 3. The minimum atomic E-state index is -0.940. The van der Waals surface area contributed by atoms with E-state index in [2.05, 4.69) is 10.6 Å². The lowest BCUT2D eigenvalue weighted by molar-refractivity contribution is -0.139. The average molecular weight is 289 g/mol. The maximum atomic E-state index is 12.1. The molecule has 0 spiro atoms. The van der Waals surface area contributed by atoms with E-state index in [1.807, 2.05) is 49.1 Å².